The highest BCUT2D eigenvalue weighted by molar-refractivity contribution is 5.20. The molecule has 14 atom stereocenters. The molecule has 0 aromatic rings. The molecule has 0 aromatic carbocycles. The first-order valence-corrected chi connectivity index (χ1v) is 15.2. The molecular formula is C31H52O6. The van der Waals surface area contributed by atoms with Crippen molar-refractivity contribution in [3.8, 4) is 0 Å². The van der Waals surface area contributed by atoms with Crippen LogP contribution in [0.3, 0.4) is 0 Å². The zero-order valence-electron chi connectivity index (χ0n) is 24.0. The Morgan fingerprint density at radius 2 is 1.68 bits per heavy atom. The maximum Gasteiger partial charge on any atom is 0.167 e. The molecule has 6 rings (SSSR count). The number of ether oxygens (including phenoxy) is 3. The fourth-order valence-electron chi connectivity index (χ4n) is 11.0. The fourth-order valence-corrected chi connectivity index (χ4v) is 11.0. The Labute approximate surface area is 223 Å². The lowest BCUT2D eigenvalue weighted by Crippen LogP contribution is -2.64. The van der Waals surface area contributed by atoms with Crippen LogP contribution < -0.4 is 0 Å². The van der Waals surface area contributed by atoms with Crippen LogP contribution in [0, 0.1) is 58.2 Å². The summed E-state index contributed by atoms with van der Waals surface area (Å²) in [4.78, 5) is 0. The van der Waals surface area contributed by atoms with Crippen molar-refractivity contribution in [2.24, 2.45) is 58.2 Å². The molecule has 3 N–H and O–H groups in total. The van der Waals surface area contributed by atoms with E-state index in [0.29, 0.717) is 18.4 Å². The Bertz CT molecular complexity index is 870. The minimum atomic E-state index is -0.557. The highest BCUT2D eigenvalue weighted by atomic mass is 16.7. The smallest absolute Gasteiger partial charge is 0.167 e. The second kappa shape index (κ2) is 8.88. The van der Waals surface area contributed by atoms with Gasteiger partial charge in [-0.2, -0.15) is 0 Å². The summed E-state index contributed by atoms with van der Waals surface area (Å²) in [6.07, 6.45) is 6.91. The molecule has 6 nitrogen and oxygen atoms in total. The van der Waals surface area contributed by atoms with Crippen molar-refractivity contribution >= 4 is 0 Å². The maximum atomic E-state index is 12.0. The number of hydrogen-bond acceptors (Lipinski definition) is 6. The van der Waals surface area contributed by atoms with Crippen LogP contribution in [0.1, 0.15) is 85.5 Å². The van der Waals surface area contributed by atoms with Gasteiger partial charge in [0, 0.05) is 38.4 Å². The Hall–Kier alpha value is -0.240. The molecule has 37 heavy (non-hydrogen) atoms. The molecule has 0 aromatic heterocycles. The van der Waals surface area contributed by atoms with Gasteiger partial charge in [-0.15, -0.1) is 0 Å². The zero-order chi connectivity index (χ0) is 26.5. The van der Waals surface area contributed by atoms with Crippen LogP contribution in [0.5, 0.6) is 0 Å². The van der Waals surface area contributed by atoms with Crippen molar-refractivity contribution < 1.29 is 29.5 Å². The summed E-state index contributed by atoms with van der Waals surface area (Å²) < 4.78 is 17.9. The molecule has 6 fully saturated rings. The van der Waals surface area contributed by atoms with Crippen LogP contribution in [-0.2, 0) is 14.2 Å². The van der Waals surface area contributed by atoms with E-state index in [2.05, 4.69) is 27.7 Å². The van der Waals surface area contributed by atoms with E-state index >= 15 is 0 Å². The Morgan fingerprint density at radius 3 is 2.27 bits per heavy atom. The molecule has 0 unspecified atom stereocenters. The normalized spacial score (nSPS) is 55.5. The molecule has 0 radical (unpaired) electrons. The number of aliphatic hydroxyl groups excluding tert-OH is 3. The van der Waals surface area contributed by atoms with Crippen molar-refractivity contribution in [2.45, 2.75) is 115 Å². The van der Waals surface area contributed by atoms with Gasteiger partial charge in [0.1, 0.15) is 5.60 Å². The minimum absolute atomic E-state index is 0.0640. The summed E-state index contributed by atoms with van der Waals surface area (Å²) in [7, 11) is 3.47. The summed E-state index contributed by atoms with van der Waals surface area (Å²) in [6, 6.07) is 0. The Morgan fingerprint density at radius 1 is 1.00 bits per heavy atom. The SMILES string of the molecule is COC1(OC)CC[C@@]2(C)[C@@H](C[C@@H](O)[C@@H]3[C@@H]2C[C@@H](O)[C@]2(C)[C@@H]([C@]4([C@H](O)C[C@@H](C)[C@@H]5C[C@H]5C)CO4)CC[C@@H]32)C1. The van der Waals surface area contributed by atoms with E-state index in [1.54, 1.807) is 14.2 Å². The predicted octanol–water partition coefficient (Wildman–Crippen LogP) is 4.39. The number of aliphatic hydroxyl groups is 3. The van der Waals surface area contributed by atoms with Gasteiger partial charge in [-0.3, -0.25) is 0 Å². The van der Waals surface area contributed by atoms with E-state index in [1.165, 1.54) is 6.42 Å². The lowest BCUT2D eigenvalue weighted by atomic mass is 9.42. The third kappa shape index (κ3) is 3.79. The van der Waals surface area contributed by atoms with Crippen molar-refractivity contribution in [1.29, 1.82) is 0 Å². The Balaban J connectivity index is 1.25. The van der Waals surface area contributed by atoms with E-state index in [-0.39, 0.29) is 40.6 Å². The van der Waals surface area contributed by atoms with Crippen LogP contribution in [0.15, 0.2) is 0 Å². The molecule has 0 amide bonds. The number of rotatable bonds is 7. The van der Waals surface area contributed by atoms with E-state index in [4.69, 9.17) is 14.2 Å². The van der Waals surface area contributed by atoms with Gasteiger partial charge < -0.3 is 29.5 Å². The summed E-state index contributed by atoms with van der Waals surface area (Å²) in [5.41, 5.74) is -0.790. The molecule has 6 heteroatoms. The molecule has 6 aliphatic rings. The molecule has 5 saturated carbocycles. The van der Waals surface area contributed by atoms with Crippen LogP contribution in [0.2, 0.25) is 0 Å². The molecule has 5 aliphatic carbocycles. The summed E-state index contributed by atoms with van der Waals surface area (Å²) >= 11 is 0. The number of hydrogen-bond donors (Lipinski definition) is 3. The van der Waals surface area contributed by atoms with Crippen LogP contribution in [0.4, 0.5) is 0 Å². The molecule has 1 saturated heterocycles. The predicted molar refractivity (Wildman–Crippen MR) is 140 cm³/mol. The van der Waals surface area contributed by atoms with E-state index < -0.39 is 23.6 Å². The molecule has 1 heterocycles. The van der Waals surface area contributed by atoms with Crippen molar-refractivity contribution in [3.05, 3.63) is 0 Å². The lowest BCUT2D eigenvalue weighted by molar-refractivity contribution is -0.275. The zero-order valence-corrected chi connectivity index (χ0v) is 24.0. The summed E-state index contributed by atoms with van der Waals surface area (Å²) in [5, 5.41) is 35.2. The van der Waals surface area contributed by atoms with Gasteiger partial charge in [0.05, 0.1) is 24.9 Å². The van der Waals surface area contributed by atoms with Gasteiger partial charge in [-0.25, -0.2) is 0 Å². The van der Waals surface area contributed by atoms with Gasteiger partial charge in [-0.1, -0.05) is 27.7 Å². The second-order valence-electron chi connectivity index (χ2n) is 14.9. The molecular weight excluding hydrogens is 468 g/mol. The number of epoxide rings is 1. The van der Waals surface area contributed by atoms with E-state index in [1.807, 2.05) is 0 Å². The van der Waals surface area contributed by atoms with Crippen LogP contribution in [-0.4, -0.2) is 65.8 Å². The quantitative estimate of drug-likeness (QED) is 0.341. The van der Waals surface area contributed by atoms with Gasteiger partial charge in [0.25, 0.3) is 0 Å². The standard InChI is InChI=1S/C31H52O6/c1-17-11-20(17)18(2)12-26(34)31(16-37-31)24-8-7-21-27-22(14-25(33)29(21,24)4)28(3)9-10-30(35-5,36-6)15-19(28)13-23(27)32/h17-27,32-34H,7-16H2,1-6H3/t17-,18-,19+,20-,21+,22+,23-,24+,25-,26-,27+,28+,29+,31+/m1/s1. The van der Waals surface area contributed by atoms with E-state index in [0.717, 1.165) is 63.2 Å². The van der Waals surface area contributed by atoms with Gasteiger partial charge in [0.2, 0.25) is 0 Å². The lowest BCUT2D eigenvalue weighted by Gasteiger charge is -2.64. The number of methoxy groups -OCH3 is 2. The van der Waals surface area contributed by atoms with Crippen LogP contribution in [0.25, 0.3) is 0 Å². The van der Waals surface area contributed by atoms with Gasteiger partial charge in [-0.05, 0) is 91.8 Å². The van der Waals surface area contributed by atoms with Crippen LogP contribution >= 0.6 is 0 Å². The third-order valence-corrected chi connectivity index (χ3v) is 13.7. The molecule has 0 bridgehead atoms. The van der Waals surface area contributed by atoms with E-state index in [9.17, 15) is 15.3 Å². The second-order valence-corrected chi connectivity index (χ2v) is 14.9. The first-order valence-electron chi connectivity index (χ1n) is 15.2. The molecule has 0 spiro atoms. The average molecular weight is 521 g/mol. The minimum Gasteiger partial charge on any atom is -0.393 e. The summed E-state index contributed by atoms with van der Waals surface area (Å²) in [5.74, 6) is 2.65. The monoisotopic (exact) mass is 520 g/mol. The first-order chi connectivity index (χ1) is 17.5. The van der Waals surface area contributed by atoms with Crippen molar-refractivity contribution in [1.82, 2.24) is 0 Å². The average Bonchev–Trinajstić information content (AvgIpc) is 3.78. The third-order valence-electron chi connectivity index (χ3n) is 13.7. The largest absolute Gasteiger partial charge is 0.393 e. The first kappa shape index (κ1) is 27.0. The molecule has 212 valence electrons. The Kier molecular flexibility index (Phi) is 6.47. The topological polar surface area (TPSA) is 91.7 Å². The molecule has 1 aliphatic heterocycles. The summed E-state index contributed by atoms with van der Waals surface area (Å²) in [6.45, 7) is 9.88. The van der Waals surface area contributed by atoms with Gasteiger partial charge in [0.15, 0.2) is 5.79 Å². The highest BCUT2D eigenvalue weighted by Gasteiger charge is 2.72. The van der Waals surface area contributed by atoms with Crippen molar-refractivity contribution in [3.63, 3.8) is 0 Å². The number of fused-ring (bicyclic) bond motifs is 5. The fraction of sp³-hybridized carbons (Fsp3) is 1.00. The maximum absolute atomic E-state index is 12.0. The highest BCUT2D eigenvalue weighted by Crippen LogP contribution is 2.71. The van der Waals surface area contributed by atoms with Crippen molar-refractivity contribution in [2.75, 3.05) is 20.8 Å². The van der Waals surface area contributed by atoms with Gasteiger partial charge >= 0.3 is 0 Å².